The zero-order valence-electron chi connectivity index (χ0n) is 18.3. The zero-order chi connectivity index (χ0) is 22.7. The summed E-state index contributed by atoms with van der Waals surface area (Å²) < 4.78 is 10.7. The Labute approximate surface area is 187 Å². The maximum atomic E-state index is 12.8. The van der Waals surface area contributed by atoms with Crippen LogP contribution in [0, 0.1) is 0 Å². The van der Waals surface area contributed by atoms with Crippen molar-refractivity contribution in [3.05, 3.63) is 59.2 Å². The van der Waals surface area contributed by atoms with Gasteiger partial charge < -0.3 is 19.7 Å². The van der Waals surface area contributed by atoms with Crippen LogP contribution in [0.15, 0.2) is 42.5 Å². The van der Waals surface area contributed by atoms with Gasteiger partial charge >= 0.3 is 6.03 Å². The van der Waals surface area contributed by atoms with E-state index in [0.717, 1.165) is 23.1 Å². The molecular formula is C24H27N3O5. The molecule has 1 fully saturated rings. The Kier molecular flexibility index (Phi) is 6.30. The number of ether oxygens (including phenoxy) is 2. The first-order valence-electron chi connectivity index (χ1n) is 10.7. The van der Waals surface area contributed by atoms with Crippen molar-refractivity contribution < 1.29 is 23.9 Å². The summed E-state index contributed by atoms with van der Waals surface area (Å²) in [6, 6.07) is 12.2. The van der Waals surface area contributed by atoms with Gasteiger partial charge in [0.25, 0.3) is 5.91 Å². The minimum atomic E-state index is -0.670. The maximum absolute atomic E-state index is 12.8. The Morgan fingerprint density at radius 3 is 2.44 bits per heavy atom. The van der Waals surface area contributed by atoms with Crippen molar-refractivity contribution in [2.75, 3.05) is 20.8 Å². The lowest BCUT2D eigenvalue weighted by Gasteiger charge is -2.30. The van der Waals surface area contributed by atoms with Crippen LogP contribution in [0.1, 0.15) is 29.5 Å². The van der Waals surface area contributed by atoms with Crippen molar-refractivity contribution >= 4 is 17.8 Å². The summed E-state index contributed by atoms with van der Waals surface area (Å²) in [4.78, 5) is 40.8. The first-order valence-corrected chi connectivity index (χ1v) is 10.7. The average molecular weight is 437 g/mol. The molecule has 0 radical (unpaired) electrons. The highest BCUT2D eigenvalue weighted by atomic mass is 16.5. The van der Waals surface area contributed by atoms with Crippen molar-refractivity contribution in [2.24, 2.45) is 0 Å². The lowest BCUT2D eigenvalue weighted by Crippen LogP contribution is -2.37. The van der Waals surface area contributed by atoms with E-state index < -0.39 is 12.1 Å². The van der Waals surface area contributed by atoms with E-state index in [1.54, 1.807) is 19.1 Å². The first-order chi connectivity index (χ1) is 15.5. The van der Waals surface area contributed by atoms with Gasteiger partial charge in [0, 0.05) is 19.5 Å². The standard InChI is InChI=1S/C24H27N3O5/c1-31-20-12-17-10-11-26(15-18(17)13-21(20)32-2)22(28)9-8-19-23(29)27(24(30)25-19)14-16-6-4-3-5-7-16/h3-7,12-13,19H,8-11,14-15H2,1-2H3,(H,25,30). The molecule has 2 aromatic carbocycles. The SMILES string of the molecule is COc1cc2c(cc1OC)CN(C(=O)CCC1NC(=O)N(Cc3ccccc3)C1=O)CC2. The van der Waals surface area contributed by atoms with Crippen LogP contribution in [0.25, 0.3) is 0 Å². The Bertz CT molecular complexity index is 1020. The number of nitrogens with one attached hydrogen (secondary N) is 1. The highest BCUT2D eigenvalue weighted by Gasteiger charge is 2.38. The topological polar surface area (TPSA) is 88.2 Å². The average Bonchev–Trinajstić information content (AvgIpc) is 3.09. The summed E-state index contributed by atoms with van der Waals surface area (Å²) in [6.45, 7) is 1.32. The summed E-state index contributed by atoms with van der Waals surface area (Å²) in [5.74, 6) is 1.00. The fraction of sp³-hybridized carbons (Fsp3) is 0.375. The largest absolute Gasteiger partial charge is 0.493 e. The number of fused-ring (bicyclic) bond motifs is 1. The molecule has 4 rings (SSSR count). The Morgan fingerprint density at radius 2 is 1.75 bits per heavy atom. The lowest BCUT2D eigenvalue weighted by molar-refractivity contribution is -0.132. The molecule has 1 N–H and O–H groups in total. The van der Waals surface area contributed by atoms with Crippen molar-refractivity contribution in [1.29, 1.82) is 0 Å². The fourth-order valence-corrected chi connectivity index (χ4v) is 4.21. The van der Waals surface area contributed by atoms with Gasteiger partial charge in [-0.1, -0.05) is 30.3 Å². The third-order valence-corrected chi connectivity index (χ3v) is 6.01. The molecule has 0 aliphatic carbocycles. The molecular weight excluding hydrogens is 410 g/mol. The van der Waals surface area contributed by atoms with Gasteiger partial charge in [0.05, 0.1) is 20.8 Å². The molecule has 168 valence electrons. The summed E-state index contributed by atoms with van der Waals surface area (Å²) >= 11 is 0. The second-order valence-electron chi connectivity index (χ2n) is 7.99. The van der Waals surface area contributed by atoms with Crippen molar-refractivity contribution in [1.82, 2.24) is 15.1 Å². The second kappa shape index (κ2) is 9.30. The third kappa shape index (κ3) is 4.39. The van der Waals surface area contributed by atoms with Crippen LogP contribution in [-0.2, 0) is 29.1 Å². The molecule has 1 unspecified atom stereocenters. The van der Waals surface area contributed by atoms with E-state index in [9.17, 15) is 14.4 Å². The number of carbonyl (C=O) groups excluding carboxylic acids is 3. The van der Waals surface area contributed by atoms with E-state index >= 15 is 0 Å². The third-order valence-electron chi connectivity index (χ3n) is 6.01. The molecule has 2 aliphatic heterocycles. The number of amides is 4. The molecule has 1 saturated heterocycles. The molecule has 0 aromatic heterocycles. The van der Waals surface area contributed by atoms with Gasteiger partial charge in [-0.2, -0.15) is 0 Å². The monoisotopic (exact) mass is 437 g/mol. The normalized spacial score (nSPS) is 17.8. The number of methoxy groups -OCH3 is 2. The number of hydrogen-bond acceptors (Lipinski definition) is 5. The molecule has 2 heterocycles. The Hall–Kier alpha value is -3.55. The van der Waals surface area contributed by atoms with Crippen LogP contribution in [-0.4, -0.2) is 54.5 Å². The van der Waals surface area contributed by atoms with E-state index in [2.05, 4.69) is 5.32 Å². The zero-order valence-corrected chi connectivity index (χ0v) is 18.3. The van der Waals surface area contributed by atoms with Crippen LogP contribution in [0.5, 0.6) is 11.5 Å². The van der Waals surface area contributed by atoms with Crippen LogP contribution in [0.4, 0.5) is 4.79 Å². The maximum Gasteiger partial charge on any atom is 0.325 e. The van der Waals surface area contributed by atoms with Crippen molar-refractivity contribution in [3.8, 4) is 11.5 Å². The molecule has 8 nitrogen and oxygen atoms in total. The summed E-state index contributed by atoms with van der Waals surface area (Å²) in [6.07, 6.45) is 1.20. The van der Waals surface area contributed by atoms with Crippen molar-refractivity contribution in [2.45, 2.75) is 38.4 Å². The number of hydrogen-bond donors (Lipinski definition) is 1. The van der Waals surface area contributed by atoms with Gasteiger partial charge in [-0.05, 0) is 41.7 Å². The molecule has 8 heteroatoms. The molecule has 0 saturated carbocycles. The molecule has 2 aliphatic rings. The minimum Gasteiger partial charge on any atom is -0.493 e. The number of carbonyl (C=O) groups is 3. The number of rotatable bonds is 7. The van der Waals surface area contributed by atoms with E-state index in [0.29, 0.717) is 24.6 Å². The highest BCUT2D eigenvalue weighted by molar-refractivity contribution is 6.04. The van der Waals surface area contributed by atoms with Crippen LogP contribution in [0.2, 0.25) is 0 Å². The quantitative estimate of drug-likeness (QED) is 0.673. The van der Waals surface area contributed by atoms with Gasteiger partial charge in [-0.15, -0.1) is 0 Å². The van der Waals surface area contributed by atoms with E-state index in [1.807, 2.05) is 42.5 Å². The minimum absolute atomic E-state index is 0.0333. The lowest BCUT2D eigenvalue weighted by atomic mass is 9.98. The molecule has 2 aromatic rings. The van der Waals surface area contributed by atoms with Gasteiger partial charge in [0.2, 0.25) is 5.91 Å². The van der Waals surface area contributed by atoms with Gasteiger partial charge in [-0.3, -0.25) is 14.5 Å². The van der Waals surface area contributed by atoms with E-state index in [4.69, 9.17) is 9.47 Å². The van der Waals surface area contributed by atoms with Gasteiger partial charge in [0.1, 0.15) is 6.04 Å². The Balaban J connectivity index is 1.34. The Morgan fingerprint density at radius 1 is 1.06 bits per heavy atom. The molecule has 0 spiro atoms. The van der Waals surface area contributed by atoms with E-state index in [-0.39, 0.29) is 31.2 Å². The fourth-order valence-electron chi connectivity index (χ4n) is 4.21. The molecule has 1 atom stereocenters. The summed E-state index contributed by atoms with van der Waals surface area (Å²) in [5.41, 5.74) is 3.05. The van der Waals surface area contributed by atoms with E-state index in [1.165, 1.54) is 4.90 Å². The predicted octanol–water partition coefficient (Wildman–Crippen LogP) is 2.49. The highest BCUT2D eigenvalue weighted by Crippen LogP contribution is 2.33. The number of urea groups is 1. The second-order valence-corrected chi connectivity index (χ2v) is 7.99. The summed E-state index contributed by atoms with van der Waals surface area (Å²) in [7, 11) is 3.19. The van der Waals surface area contributed by atoms with Crippen LogP contribution < -0.4 is 14.8 Å². The van der Waals surface area contributed by atoms with Crippen molar-refractivity contribution in [3.63, 3.8) is 0 Å². The smallest absolute Gasteiger partial charge is 0.325 e. The number of nitrogens with zero attached hydrogens (tertiary/aromatic N) is 2. The van der Waals surface area contributed by atoms with Crippen LogP contribution in [0.3, 0.4) is 0 Å². The molecule has 0 bridgehead atoms. The number of imide groups is 1. The van der Waals surface area contributed by atoms with Crippen LogP contribution >= 0.6 is 0 Å². The molecule has 4 amide bonds. The first kappa shape index (κ1) is 21.7. The summed E-state index contributed by atoms with van der Waals surface area (Å²) in [5, 5.41) is 2.71. The number of benzene rings is 2. The van der Waals surface area contributed by atoms with Gasteiger partial charge in [0.15, 0.2) is 11.5 Å². The van der Waals surface area contributed by atoms with Gasteiger partial charge in [-0.25, -0.2) is 4.79 Å². The molecule has 32 heavy (non-hydrogen) atoms. The predicted molar refractivity (Wildman–Crippen MR) is 117 cm³/mol.